The van der Waals surface area contributed by atoms with Crippen LogP contribution in [-0.2, 0) is 4.79 Å². The van der Waals surface area contributed by atoms with Gasteiger partial charge in [-0.25, -0.2) is 9.59 Å². The maximum absolute atomic E-state index is 11.3. The average Bonchev–Trinajstić information content (AvgIpc) is 2.23. The lowest BCUT2D eigenvalue weighted by Gasteiger charge is -2.14. The van der Waals surface area contributed by atoms with Crippen LogP contribution in [0.4, 0.5) is 4.79 Å². The molecule has 2 amide bonds. The third-order valence-electron chi connectivity index (χ3n) is 1.99. The number of urea groups is 1. The fourth-order valence-electron chi connectivity index (χ4n) is 1.17. The van der Waals surface area contributed by atoms with E-state index in [0.29, 0.717) is 13.0 Å². The number of carboxylic acid groups (broad SMARTS) is 1. The zero-order valence-corrected chi connectivity index (χ0v) is 10.6. The molecule has 16 heavy (non-hydrogen) atoms. The summed E-state index contributed by atoms with van der Waals surface area (Å²) >= 11 is 1.71. The molecule has 1 atom stereocenters. The molecule has 0 aliphatic carbocycles. The standard InChI is InChI=1S/C10H20N2O3S/c1-3-5-8(9(13)14)12-10(15)11-6-4-7-16-2/h8H,3-7H2,1-2H3,(H,13,14)(H2,11,12,15). The molecule has 1 unspecified atom stereocenters. The normalized spacial score (nSPS) is 11.9. The Hall–Kier alpha value is -0.910. The van der Waals surface area contributed by atoms with Crippen LogP contribution in [-0.4, -0.2) is 41.7 Å². The highest BCUT2D eigenvalue weighted by Crippen LogP contribution is 1.97. The Bertz CT molecular complexity index is 224. The van der Waals surface area contributed by atoms with Crippen molar-refractivity contribution in [1.82, 2.24) is 10.6 Å². The van der Waals surface area contributed by atoms with Crippen molar-refractivity contribution in [1.29, 1.82) is 0 Å². The number of rotatable bonds is 8. The van der Waals surface area contributed by atoms with Gasteiger partial charge in [0.25, 0.3) is 0 Å². The Morgan fingerprint density at radius 2 is 2.12 bits per heavy atom. The van der Waals surface area contributed by atoms with E-state index in [-0.39, 0.29) is 0 Å². The molecule has 5 nitrogen and oxygen atoms in total. The number of hydrogen-bond acceptors (Lipinski definition) is 3. The van der Waals surface area contributed by atoms with Gasteiger partial charge in [-0.05, 0) is 24.9 Å². The number of hydrogen-bond donors (Lipinski definition) is 3. The van der Waals surface area contributed by atoms with Gasteiger partial charge in [0.15, 0.2) is 0 Å². The van der Waals surface area contributed by atoms with Gasteiger partial charge in [-0.3, -0.25) is 0 Å². The van der Waals surface area contributed by atoms with E-state index < -0.39 is 18.0 Å². The lowest BCUT2D eigenvalue weighted by atomic mass is 10.2. The van der Waals surface area contributed by atoms with Crippen LogP contribution in [0.1, 0.15) is 26.2 Å². The van der Waals surface area contributed by atoms with Gasteiger partial charge in [-0.15, -0.1) is 0 Å². The maximum Gasteiger partial charge on any atom is 0.326 e. The number of carboxylic acids is 1. The molecule has 94 valence electrons. The smallest absolute Gasteiger partial charge is 0.326 e. The fourth-order valence-corrected chi connectivity index (χ4v) is 1.61. The van der Waals surface area contributed by atoms with Crippen molar-refractivity contribution >= 4 is 23.8 Å². The zero-order chi connectivity index (χ0) is 12.4. The first-order chi connectivity index (χ1) is 7.61. The molecule has 0 saturated carbocycles. The minimum Gasteiger partial charge on any atom is -0.480 e. The van der Waals surface area contributed by atoms with Crippen LogP contribution in [0.5, 0.6) is 0 Å². The molecular formula is C10H20N2O3S. The monoisotopic (exact) mass is 248 g/mol. The highest BCUT2D eigenvalue weighted by atomic mass is 32.2. The van der Waals surface area contributed by atoms with E-state index >= 15 is 0 Å². The van der Waals surface area contributed by atoms with Gasteiger partial charge in [0.05, 0.1) is 0 Å². The first-order valence-electron chi connectivity index (χ1n) is 5.38. The first-order valence-corrected chi connectivity index (χ1v) is 6.77. The molecule has 3 N–H and O–H groups in total. The van der Waals surface area contributed by atoms with Gasteiger partial charge < -0.3 is 15.7 Å². The van der Waals surface area contributed by atoms with Crippen LogP contribution in [0.2, 0.25) is 0 Å². The van der Waals surface area contributed by atoms with Crippen molar-refractivity contribution in [3.8, 4) is 0 Å². The number of carbonyl (C=O) groups is 2. The number of thioether (sulfide) groups is 1. The van der Waals surface area contributed by atoms with Gasteiger partial charge in [-0.1, -0.05) is 13.3 Å². The SMILES string of the molecule is CCCC(NC(=O)NCCCSC)C(=O)O. The average molecular weight is 248 g/mol. The summed E-state index contributed by atoms with van der Waals surface area (Å²) in [5, 5.41) is 13.9. The third-order valence-corrected chi connectivity index (χ3v) is 2.69. The first kappa shape index (κ1) is 15.1. The second kappa shape index (κ2) is 9.33. The van der Waals surface area contributed by atoms with E-state index in [1.807, 2.05) is 13.2 Å². The highest BCUT2D eigenvalue weighted by Gasteiger charge is 2.17. The lowest BCUT2D eigenvalue weighted by molar-refractivity contribution is -0.139. The molecule has 0 aromatic heterocycles. The molecule has 0 bridgehead atoms. The minimum atomic E-state index is -0.985. The maximum atomic E-state index is 11.3. The van der Waals surface area contributed by atoms with Crippen LogP contribution in [0.15, 0.2) is 0 Å². The van der Waals surface area contributed by atoms with Crippen LogP contribution in [0.3, 0.4) is 0 Å². The molecule has 0 spiro atoms. The second-order valence-electron chi connectivity index (χ2n) is 3.43. The summed E-state index contributed by atoms with van der Waals surface area (Å²) in [6, 6.07) is -1.19. The summed E-state index contributed by atoms with van der Waals surface area (Å²) in [5.41, 5.74) is 0. The number of carbonyl (C=O) groups excluding carboxylic acids is 1. The Labute approximate surface area is 100 Å². The van der Waals surface area contributed by atoms with E-state index in [2.05, 4.69) is 10.6 Å². The summed E-state index contributed by atoms with van der Waals surface area (Å²) in [6.07, 6.45) is 4.07. The second-order valence-corrected chi connectivity index (χ2v) is 4.41. The van der Waals surface area contributed by atoms with Crippen LogP contribution < -0.4 is 10.6 Å². The van der Waals surface area contributed by atoms with Crippen molar-refractivity contribution in [2.45, 2.75) is 32.2 Å². The van der Waals surface area contributed by atoms with Crippen molar-refractivity contribution < 1.29 is 14.7 Å². The number of nitrogens with one attached hydrogen (secondary N) is 2. The molecule has 0 aliphatic heterocycles. The number of aliphatic carboxylic acids is 1. The van der Waals surface area contributed by atoms with Crippen LogP contribution in [0.25, 0.3) is 0 Å². The molecule has 0 heterocycles. The molecule has 0 saturated heterocycles. The van der Waals surface area contributed by atoms with E-state index in [1.165, 1.54) is 0 Å². The predicted octanol–water partition coefficient (Wildman–Crippen LogP) is 1.29. The Morgan fingerprint density at radius 3 is 2.62 bits per heavy atom. The van der Waals surface area contributed by atoms with Gasteiger partial charge in [0.2, 0.25) is 0 Å². The topological polar surface area (TPSA) is 78.4 Å². The summed E-state index contributed by atoms with van der Waals surface area (Å²) in [7, 11) is 0. The summed E-state index contributed by atoms with van der Waals surface area (Å²) in [5.74, 6) is -0.00135. The predicted molar refractivity (Wildman–Crippen MR) is 65.9 cm³/mol. The minimum absolute atomic E-state index is 0.401. The van der Waals surface area contributed by atoms with Crippen LogP contribution in [0, 0.1) is 0 Å². The molecule has 0 radical (unpaired) electrons. The quantitative estimate of drug-likeness (QED) is 0.566. The molecule has 0 fully saturated rings. The third kappa shape index (κ3) is 7.39. The van der Waals surface area contributed by atoms with Gasteiger partial charge >= 0.3 is 12.0 Å². The van der Waals surface area contributed by atoms with Crippen molar-refractivity contribution in [3.63, 3.8) is 0 Å². The van der Waals surface area contributed by atoms with E-state index in [0.717, 1.165) is 18.6 Å². The van der Waals surface area contributed by atoms with Gasteiger partial charge in [-0.2, -0.15) is 11.8 Å². The summed E-state index contributed by atoms with van der Waals surface area (Å²) in [6.45, 7) is 2.46. The van der Waals surface area contributed by atoms with Crippen molar-refractivity contribution in [2.24, 2.45) is 0 Å². The van der Waals surface area contributed by atoms with E-state index in [4.69, 9.17) is 5.11 Å². The Kier molecular flexibility index (Phi) is 8.80. The van der Waals surface area contributed by atoms with Crippen molar-refractivity contribution in [3.05, 3.63) is 0 Å². The molecule has 0 aliphatic rings. The Balaban J connectivity index is 3.77. The largest absolute Gasteiger partial charge is 0.480 e. The van der Waals surface area contributed by atoms with Gasteiger partial charge in [0, 0.05) is 6.54 Å². The molecule has 0 aromatic carbocycles. The van der Waals surface area contributed by atoms with Gasteiger partial charge in [0.1, 0.15) is 6.04 Å². The zero-order valence-electron chi connectivity index (χ0n) is 9.78. The van der Waals surface area contributed by atoms with E-state index in [1.54, 1.807) is 11.8 Å². The molecule has 6 heteroatoms. The van der Waals surface area contributed by atoms with E-state index in [9.17, 15) is 9.59 Å². The lowest BCUT2D eigenvalue weighted by Crippen LogP contribution is -2.46. The van der Waals surface area contributed by atoms with Crippen LogP contribution >= 0.6 is 11.8 Å². The number of amides is 2. The Morgan fingerprint density at radius 1 is 1.44 bits per heavy atom. The molecule has 0 aromatic rings. The fraction of sp³-hybridized carbons (Fsp3) is 0.800. The summed E-state index contributed by atoms with van der Waals surface area (Å²) in [4.78, 5) is 22.1. The molecular weight excluding hydrogens is 228 g/mol. The molecule has 0 rings (SSSR count). The summed E-state index contributed by atoms with van der Waals surface area (Å²) < 4.78 is 0. The van der Waals surface area contributed by atoms with Crippen molar-refractivity contribution in [2.75, 3.05) is 18.6 Å². The highest BCUT2D eigenvalue weighted by molar-refractivity contribution is 7.98.